The number of para-hydroxylation sites is 1. The summed E-state index contributed by atoms with van der Waals surface area (Å²) in [6.07, 6.45) is 0.210. The second-order valence-electron chi connectivity index (χ2n) is 4.34. The van der Waals surface area contributed by atoms with Crippen molar-refractivity contribution in [1.82, 2.24) is 5.01 Å². The molecule has 2 amide bonds. The summed E-state index contributed by atoms with van der Waals surface area (Å²) >= 11 is 0. The molecule has 0 spiro atoms. The van der Waals surface area contributed by atoms with Crippen molar-refractivity contribution in [3.05, 3.63) is 30.3 Å². The van der Waals surface area contributed by atoms with Crippen molar-refractivity contribution in [2.75, 3.05) is 17.3 Å². The van der Waals surface area contributed by atoms with Gasteiger partial charge in [0.15, 0.2) is 0 Å². The van der Waals surface area contributed by atoms with Gasteiger partial charge in [-0.15, -0.1) is 0 Å². The highest BCUT2D eigenvalue weighted by Crippen LogP contribution is 2.22. The highest BCUT2D eigenvalue weighted by molar-refractivity contribution is 7.85. The summed E-state index contributed by atoms with van der Waals surface area (Å²) in [7, 11) is -4.18. The molecule has 1 saturated heterocycles. The van der Waals surface area contributed by atoms with Crippen LogP contribution >= 0.6 is 0 Å². The molecule has 7 nitrogen and oxygen atoms in total. The van der Waals surface area contributed by atoms with E-state index in [0.717, 1.165) is 5.01 Å². The molecule has 1 aromatic rings. The van der Waals surface area contributed by atoms with Crippen molar-refractivity contribution in [3.63, 3.8) is 0 Å². The molecule has 0 radical (unpaired) electrons. The average molecular weight is 298 g/mol. The Bertz CT molecular complexity index is 598. The number of hydrazine groups is 1. The number of carbonyl (C=O) groups is 2. The highest BCUT2D eigenvalue weighted by Gasteiger charge is 2.34. The Hall–Kier alpha value is -1.93. The van der Waals surface area contributed by atoms with Crippen molar-refractivity contribution < 1.29 is 22.6 Å². The first kappa shape index (κ1) is 14.5. The Kier molecular flexibility index (Phi) is 4.05. The molecule has 8 heteroatoms. The largest absolute Gasteiger partial charge is 0.285 e. The molecule has 1 N–H and O–H groups in total. The Labute approximate surface area is 116 Å². The van der Waals surface area contributed by atoms with Gasteiger partial charge in [0.2, 0.25) is 11.8 Å². The predicted molar refractivity (Wildman–Crippen MR) is 71.3 cm³/mol. The summed E-state index contributed by atoms with van der Waals surface area (Å²) in [6, 6.07) is 8.49. The van der Waals surface area contributed by atoms with Crippen molar-refractivity contribution >= 4 is 27.6 Å². The maximum Gasteiger partial charge on any atom is 0.266 e. The van der Waals surface area contributed by atoms with Crippen LogP contribution in [0.1, 0.15) is 12.8 Å². The Morgan fingerprint density at radius 2 is 1.65 bits per heavy atom. The molecule has 1 aliphatic rings. The number of nitrogens with zero attached hydrogens (tertiary/aromatic N) is 2. The number of imide groups is 1. The van der Waals surface area contributed by atoms with Crippen LogP contribution in [-0.2, 0) is 19.7 Å². The topological polar surface area (TPSA) is 95.0 Å². The second kappa shape index (κ2) is 5.59. The molecule has 1 fully saturated rings. The van der Waals surface area contributed by atoms with Crippen LogP contribution in [0.25, 0.3) is 0 Å². The molecule has 0 atom stereocenters. The van der Waals surface area contributed by atoms with Crippen LogP contribution in [0, 0.1) is 0 Å². The van der Waals surface area contributed by atoms with Crippen LogP contribution in [0.2, 0.25) is 0 Å². The van der Waals surface area contributed by atoms with Gasteiger partial charge >= 0.3 is 0 Å². The van der Waals surface area contributed by atoms with Crippen molar-refractivity contribution in [3.8, 4) is 0 Å². The average Bonchev–Trinajstić information content (AvgIpc) is 2.71. The molecule has 0 aliphatic carbocycles. The van der Waals surface area contributed by atoms with E-state index in [2.05, 4.69) is 0 Å². The fourth-order valence-electron chi connectivity index (χ4n) is 1.98. The molecule has 20 heavy (non-hydrogen) atoms. The van der Waals surface area contributed by atoms with Gasteiger partial charge in [-0.25, -0.2) is 0 Å². The van der Waals surface area contributed by atoms with E-state index in [1.165, 1.54) is 5.01 Å². The zero-order chi connectivity index (χ0) is 14.8. The van der Waals surface area contributed by atoms with E-state index < -0.39 is 15.9 Å². The molecule has 0 aromatic heterocycles. The number of anilines is 1. The first-order valence-corrected chi connectivity index (χ1v) is 7.63. The van der Waals surface area contributed by atoms with Crippen LogP contribution in [-0.4, -0.2) is 42.1 Å². The van der Waals surface area contributed by atoms with Gasteiger partial charge in [-0.05, 0) is 12.1 Å². The van der Waals surface area contributed by atoms with Gasteiger partial charge in [-0.1, -0.05) is 18.2 Å². The monoisotopic (exact) mass is 298 g/mol. The Balaban J connectivity index is 2.29. The number of amides is 2. The van der Waals surface area contributed by atoms with Crippen molar-refractivity contribution in [2.24, 2.45) is 0 Å². The van der Waals surface area contributed by atoms with E-state index in [1.807, 2.05) is 0 Å². The number of rotatable bonds is 5. The Morgan fingerprint density at radius 3 is 2.15 bits per heavy atom. The summed E-state index contributed by atoms with van der Waals surface area (Å²) in [6.45, 7) is -0.180. The lowest BCUT2D eigenvalue weighted by atomic mass is 10.3. The third-order valence-electron chi connectivity index (χ3n) is 2.88. The number of hydrogen-bond donors (Lipinski definition) is 1. The fraction of sp³-hybridized carbons (Fsp3) is 0.333. The van der Waals surface area contributed by atoms with Crippen LogP contribution in [0.5, 0.6) is 0 Å². The summed E-state index contributed by atoms with van der Waals surface area (Å²) < 4.78 is 30.6. The molecule has 1 heterocycles. The van der Waals surface area contributed by atoms with Gasteiger partial charge in [-0.3, -0.25) is 19.2 Å². The lowest BCUT2D eigenvalue weighted by Gasteiger charge is -2.31. The quantitative estimate of drug-likeness (QED) is 0.626. The van der Waals surface area contributed by atoms with Crippen molar-refractivity contribution in [2.45, 2.75) is 12.8 Å². The molecular weight excluding hydrogens is 284 g/mol. The third kappa shape index (κ3) is 3.34. The minimum absolute atomic E-state index is 0.105. The molecule has 1 aromatic carbocycles. The molecule has 2 rings (SSSR count). The minimum Gasteiger partial charge on any atom is -0.285 e. The maximum atomic E-state index is 11.8. The minimum atomic E-state index is -4.18. The van der Waals surface area contributed by atoms with Gasteiger partial charge in [0.05, 0.1) is 18.0 Å². The van der Waals surface area contributed by atoms with Gasteiger partial charge in [0.1, 0.15) is 0 Å². The predicted octanol–water partition coefficient (Wildman–Crippen LogP) is 0.445. The molecule has 108 valence electrons. The van der Waals surface area contributed by atoms with E-state index in [4.69, 9.17) is 4.55 Å². The van der Waals surface area contributed by atoms with E-state index in [9.17, 15) is 18.0 Å². The number of carbonyl (C=O) groups excluding carboxylic acids is 2. The molecule has 1 aliphatic heterocycles. The summed E-state index contributed by atoms with van der Waals surface area (Å²) in [5, 5.41) is 2.23. The van der Waals surface area contributed by atoms with Gasteiger partial charge in [-0.2, -0.15) is 13.4 Å². The van der Waals surface area contributed by atoms with Crippen LogP contribution in [0.4, 0.5) is 5.69 Å². The van der Waals surface area contributed by atoms with Gasteiger partial charge in [0.25, 0.3) is 10.1 Å². The molecular formula is C12H14N2O5S. The third-order valence-corrected chi connectivity index (χ3v) is 3.58. The first-order chi connectivity index (χ1) is 9.38. The lowest BCUT2D eigenvalue weighted by molar-refractivity contribution is -0.139. The Morgan fingerprint density at radius 1 is 1.10 bits per heavy atom. The highest BCUT2D eigenvalue weighted by atomic mass is 32.2. The maximum absolute atomic E-state index is 11.8. The van der Waals surface area contributed by atoms with Crippen LogP contribution < -0.4 is 5.01 Å². The van der Waals surface area contributed by atoms with E-state index >= 15 is 0 Å². The van der Waals surface area contributed by atoms with Gasteiger partial charge < -0.3 is 0 Å². The van der Waals surface area contributed by atoms with Gasteiger partial charge in [0, 0.05) is 12.8 Å². The van der Waals surface area contributed by atoms with Crippen LogP contribution in [0.15, 0.2) is 30.3 Å². The van der Waals surface area contributed by atoms with E-state index in [0.29, 0.717) is 5.69 Å². The van der Waals surface area contributed by atoms with E-state index in [1.54, 1.807) is 30.3 Å². The number of benzene rings is 1. The SMILES string of the molecule is O=C1CCC(=O)N1N(CCS(=O)(=O)O)c1ccccc1. The smallest absolute Gasteiger partial charge is 0.266 e. The second-order valence-corrected chi connectivity index (χ2v) is 5.92. The standard InChI is InChI=1S/C12H14N2O5S/c15-11-6-7-12(16)14(11)13(8-9-20(17,18)19)10-4-2-1-3-5-10/h1-5H,6-9H2,(H,17,18,19). The fourth-order valence-corrected chi connectivity index (χ4v) is 2.38. The molecule has 0 bridgehead atoms. The molecule has 0 unspecified atom stereocenters. The number of hydrogen-bond acceptors (Lipinski definition) is 5. The normalized spacial score (nSPS) is 15.8. The van der Waals surface area contributed by atoms with Crippen molar-refractivity contribution in [1.29, 1.82) is 0 Å². The summed E-state index contributed by atoms with van der Waals surface area (Å²) in [5.74, 6) is -1.33. The zero-order valence-electron chi connectivity index (χ0n) is 10.6. The summed E-state index contributed by atoms with van der Waals surface area (Å²) in [4.78, 5) is 23.6. The van der Waals surface area contributed by atoms with E-state index in [-0.39, 0.29) is 31.2 Å². The lowest BCUT2D eigenvalue weighted by Crippen LogP contribution is -2.48. The molecule has 0 saturated carbocycles. The first-order valence-electron chi connectivity index (χ1n) is 6.02. The zero-order valence-corrected chi connectivity index (χ0v) is 11.4. The summed E-state index contributed by atoms with van der Waals surface area (Å²) in [5.41, 5.74) is 0.514. The van der Waals surface area contributed by atoms with Crippen LogP contribution in [0.3, 0.4) is 0 Å².